The summed E-state index contributed by atoms with van der Waals surface area (Å²) in [5, 5.41) is 5.62. The zero-order chi connectivity index (χ0) is 22.4. The standard InChI is InChI=1S/C25H27N3O3/c1-25(2,3)28-24(30)31-22-14-13-20(18-7-5-4-6-8-18)15-21(22)27-23(29)19-11-9-17(16-26)10-12-19/h4-15H,16,26H2,1-3H3,(H,27,29)(H,28,30). The van der Waals surface area contributed by atoms with Crippen LogP contribution in [0.3, 0.4) is 0 Å². The minimum Gasteiger partial charge on any atom is -0.408 e. The Morgan fingerprint density at radius 1 is 0.903 bits per heavy atom. The Hall–Kier alpha value is -3.64. The fourth-order valence-electron chi connectivity index (χ4n) is 2.95. The zero-order valence-corrected chi connectivity index (χ0v) is 17.9. The summed E-state index contributed by atoms with van der Waals surface area (Å²) in [6.07, 6.45) is -0.595. The Labute approximate surface area is 182 Å². The molecule has 0 radical (unpaired) electrons. The number of ether oxygens (including phenoxy) is 1. The normalized spacial score (nSPS) is 11.0. The molecule has 0 unspecified atom stereocenters. The third-order valence-electron chi connectivity index (χ3n) is 4.47. The largest absolute Gasteiger partial charge is 0.413 e. The van der Waals surface area contributed by atoms with Crippen LogP contribution in [0.15, 0.2) is 72.8 Å². The third-order valence-corrected chi connectivity index (χ3v) is 4.47. The summed E-state index contributed by atoms with van der Waals surface area (Å²) >= 11 is 0. The van der Waals surface area contributed by atoms with Gasteiger partial charge in [-0.25, -0.2) is 4.79 Å². The Bertz CT molecular complexity index is 1060. The Balaban J connectivity index is 1.91. The van der Waals surface area contributed by atoms with Crippen LogP contribution in [0.5, 0.6) is 5.75 Å². The van der Waals surface area contributed by atoms with Crippen LogP contribution in [0.25, 0.3) is 11.1 Å². The molecule has 3 rings (SSSR count). The van der Waals surface area contributed by atoms with E-state index < -0.39 is 11.6 Å². The number of benzene rings is 3. The van der Waals surface area contributed by atoms with E-state index in [1.165, 1.54) is 0 Å². The number of rotatable bonds is 5. The first-order valence-corrected chi connectivity index (χ1v) is 10.0. The van der Waals surface area contributed by atoms with Crippen molar-refractivity contribution in [1.82, 2.24) is 5.32 Å². The third kappa shape index (κ3) is 6.17. The first kappa shape index (κ1) is 22.1. The molecule has 31 heavy (non-hydrogen) atoms. The lowest BCUT2D eigenvalue weighted by atomic mass is 10.0. The summed E-state index contributed by atoms with van der Waals surface area (Å²) in [6, 6.07) is 22.1. The highest BCUT2D eigenvalue weighted by Crippen LogP contribution is 2.31. The van der Waals surface area contributed by atoms with Gasteiger partial charge in [-0.1, -0.05) is 48.5 Å². The molecule has 0 aliphatic rings. The number of carbonyl (C=O) groups is 2. The van der Waals surface area contributed by atoms with E-state index in [1.54, 1.807) is 24.3 Å². The van der Waals surface area contributed by atoms with E-state index in [0.29, 0.717) is 17.8 Å². The van der Waals surface area contributed by atoms with Crippen LogP contribution in [0.4, 0.5) is 10.5 Å². The van der Waals surface area contributed by atoms with Gasteiger partial charge in [0.15, 0.2) is 5.75 Å². The Morgan fingerprint density at radius 2 is 1.58 bits per heavy atom. The molecule has 160 valence electrons. The lowest BCUT2D eigenvalue weighted by Crippen LogP contribution is -2.42. The average molecular weight is 418 g/mol. The van der Waals surface area contributed by atoms with Gasteiger partial charge in [0.25, 0.3) is 5.91 Å². The van der Waals surface area contributed by atoms with E-state index in [-0.39, 0.29) is 11.7 Å². The van der Waals surface area contributed by atoms with Gasteiger partial charge in [-0.15, -0.1) is 0 Å². The van der Waals surface area contributed by atoms with E-state index in [2.05, 4.69) is 10.6 Å². The number of carbonyl (C=O) groups excluding carboxylic acids is 2. The lowest BCUT2D eigenvalue weighted by molar-refractivity contribution is 0.102. The highest BCUT2D eigenvalue weighted by Gasteiger charge is 2.18. The monoisotopic (exact) mass is 417 g/mol. The molecule has 0 aromatic heterocycles. The molecule has 6 nitrogen and oxygen atoms in total. The quantitative estimate of drug-likeness (QED) is 0.547. The molecule has 3 aromatic rings. The van der Waals surface area contributed by atoms with Gasteiger partial charge in [-0.05, 0) is 61.7 Å². The topological polar surface area (TPSA) is 93.5 Å². The molecule has 0 bridgehead atoms. The van der Waals surface area contributed by atoms with Crippen molar-refractivity contribution in [3.05, 3.63) is 83.9 Å². The van der Waals surface area contributed by atoms with E-state index in [1.807, 2.05) is 69.3 Å². The predicted molar refractivity (Wildman–Crippen MR) is 123 cm³/mol. The summed E-state index contributed by atoms with van der Waals surface area (Å²) in [5.41, 5.74) is 8.86. The number of hydrogen-bond donors (Lipinski definition) is 3. The molecule has 0 atom stereocenters. The highest BCUT2D eigenvalue weighted by atomic mass is 16.6. The van der Waals surface area contributed by atoms with Crippen LogP contribution in [0.1, 0.15) is 36.7 Å². The molecule has 0 aliphatic carbocycles. The predicted octanol–water partition coefficient (Wildman–Crippen LogP) is 4.95. The van der Waals surface area contributed by atoms with Crippen LogP contribution in [0, 0.1) is 0 Å². The molecule has 0 fully saturated rings. The van der Waals surface area contributed by atoms with Crippen molar-refractivity contribution in [1.29, 1.82) is 0 Å². The molecular weight excluding hydrogens is 390 g/mol. The van der Waals surface area contributed by atoms with Gasteiger partial charge < -0.3 is 21.1 Å². The van der Waals surface area contributed by atoms with Gasteiger partial charge in [0.05, 0.1) is 5.69 Å². The fraction of sp³-hybridized carbons (Fsp3) is 0.200. The zero-order valence-electron chi connectivity index (χ0n) is 17.9. The van der Waals surface area contributed by atoms with E-state index in [4.69, 9.17) is 10.5 Å². The lowest BCUT2D eigenvalue weighted by Gasteiger charge is -2.21. The van der Waals surface area contributed by atoms with Gasteiger partial charge in [0.2, 0.25) is 0 Å². The molecule has 4 N–H and O–H groups in total. The fourth-order valence-corrected chi connectivity index (χ4v) is 2.95. The maximum absolute atomic E-state index is 12.8. The Morgan fingerprint density at radius 3 is 2.19 bits per heavy atom. The average Bonchev–Trinajstić information content (AvgIpc) is 2.74. The number of hydrogen-bond acceptors (Lipinski definition) is 4. The molecule has 0 aliphatic heterocycles. The van der Waals surface area contributed by atoms with Gasteiger partial charge in [-0.2, -0.15) is 0 Å². The molecule has 2 amide bonds. The summed E-state index contributed by atoms with van der Waals surface area (Å²) in [5.74, 6) is -0.0526. The van der Waals surface area contributed by atoms with Gasteiger partial charge in [0, 0.05) is 17.6 Å². The van der Waals surface area contributed by atoms with Crippen LogP contribution < -0.4 is 21.1 Å². The maximum atomic E-state index is 12.8. The van der Waals surface area contributed by atoms with E-state index in [9.17, 15) is 9.59 Å². The van der Waals surface area contributed by atoms with Gasteiger partial charge >= 0.3 is 6.09 Å². The van der Waals surface area contributed by atoms with Crippen molar-refractivity contribution < 1.29 is 14.3 Å². The molecular formula is C25H27N3O3. The smallest absolute Gasteiger partial charge is 0.408 e. The van der Waals surface area contributed by atoms with Crippen molar-refractivity contribution in [2.75, 3.05) is 5.32 Å². The second kappa shape index (κ2) is 9.45. The molecule has 0 spiro atoms. The summed E-state index contributed by atoms with van der Waals surface area (Å²) in [4.78, 5) is 25.1. The molecule has 6 heteroatoms. The highest BCUT2D eigenvalue weighted by molar-refractivity contribution is 6.05. The minimum absolute atomic E-state index is 0.258. The van der Waals surface area contributed by atoms with Crippen molar-refractivity contribution in [3.8, 4) is 16.9 Å². The molecule has 3 aromatic carbocycles. The summed E-state index contributed by atoms with van der Waals surface area (Å²) in [6.45, 7) is 5.99. The number of nitrogens with one attached hydrogen (secondary N) is 2. The van der Waals surface area contributed by atoms with Crippen LogP contribution in [-0.4, -0.2) is 17.5 Å². The second-order valence-electron chi connectivity index (χ2n) is 8.20. The van der Waals surface area contributed by atoms with Gasteiger partial charge in [0.1, 0.15) is 0 Å². The van der Waals surface area contributed by atoms with Crippen molar-refractivity contribution >= 4 is 17.7 Å². The van der Waals surface area contributed by atoms with E-state index >= 15 is 0 Å². The first-order chi connectivity index (χ1) is 14.7. The number of anilines is 1. The number of nitrogens with two attached hydrogens (primary N) is 1. The first-order valence-electron chi connectivity index (χ1n) is 10.0. The van der Waals surface area contributed by atoms with E-state index in [0.717, 1.165) is 16.7 Å². The minimum atomic E-state index is -0.595. The molecule has 0 saturated carbocycles. The second-order valence-corrected chi connectivity index (χ2v) is 8.20. The number of amides is 2. The van der Waals surface area contributed by atoms with Crippen molar-refractivity contribution in [2.45, 2.75) is 32.9 Å². The SMILES string of the molecule is CC(C)(C)NC(=O)Oc1ccc(-c2ccccc2)cc1NC(=O)c1ccc(CN)cc1. The Kier molecular flexibility index (Phi) is 6.72. The summed E-state index contributed by atoms with van der Waals surface area (Å²) < 4.78 is 5.50. The van der Waals surface area contributed by atoms with Crippen molar-refractivity contribution in [3.63, 3.8) is 0 Å². The summed E-state index contributed by atoms with van der Waals surface area (Å²) in [7, 11) is 0. The molecule has 0 saturated heterocycles. The van der Waals surface area contributed by atoms with Crippen LogP contribution in [0.2, 0.25) is 0 Å². The molecule has 0 heterocycles. The van der Waals surface area contributed by atoms with Crippen LogP contribution in [-0.2, 0) is 6.54 Å². The van der Waals surface area contributed by atoms with Crippen molar-refractivity contribution in [2.24, 2.45) is 5.73 Å². The maximum Gasteiger partial charge on any atom is 0.413 e. The van der Waals surface area contributed by atoms with Gasteiger partial charge in [-0.3, -0.25) is 4.79 Å². The van der Waals surface area contributed by atoms with Crippen LogP contribution >= 0.6 is 0 Å².